The molecule has 0 spiro atoms. The molecule has 0 aliphatic rings. The SMILES string of the molecule is Cc1ccc(OCCNc2ccc(Br)cc2)c(Cl)c1. The molecular formula is C15H15BrClNO. The van der Waals surface area contributed by atoms with Crippen LogP contribution in [-0.2, 0) is 0 Å². The van der Waals surface area contributed by atoms with Gasteiger partial charge in [-0.2, -0.15) is 0 Å². The summed E-state index contributed by atoms with van der Waals surface area (Å²) in [6.07, 6.45) is 0. The zero-order chi connectivity index (χ0) is 13.7. The summed E-state index contributed by atoms with van der Waals surface area (Å²) in [4.78, 5) is 0. The normalized spacial score (nSPS) is 10.3. The molecule has 2 nitrogen and oxygen atoms in total. The summed E-state index contributed by atoms with van der Waals surface area (Å²) >= 11 is 9.50. The average molecular weight is 341 g/mol. The fourth-order valence-corrected chi connectivity index (χ4v) is 2.20. The lowest BCUT2D eigenvalue weighted by Gasteiger charge is -2.10. The lowest BCUT2D eigenvalue weighted by Crippen LogP contribution is -2.11. The number of halogens is 2. The van der Waals surface area contributed by atoms with Crippen molar-refractivity contribution in [3.8, 4) is 5.75 Å². The molecule has 2 aromatic rings. The Morgan fingerprint density at radius 1 is 1.16 bits per heavy atom. The van der Waals surface area contributed by atoms with Crippen molar-refractivity contribution in [2.24, 2.45) is 0 Å². The molecule has 1 N–H and O–H groups in total. The molecular weight excluding hydrogens is 326 g/mol. The van der Waals surface area contributed by atoms with Crippen molar-refractivity contribution in [3.63, 3.8) is 0 Å². The van der Waals surface area contributed by atoms with Gasteiger partial charge in [-0.25, -0.2) is 0 Å². The Morgan fingerprint density at radius 3 is 2.58 bits per heavy atom. The zero-order valence-corrected chi connectivity index (χ0v) is 13.0. The molecule has 0 unspecified atom stereocenters. The summed E-state index contributed by atoms with van der Waals surface area (Å²) in [6, 6.07) is 13.8. The molecule has 0 aliphatic carbocycles. The molecule has 2 aromatic carbocycles. The van der Waals surface area contributed by atoms with E-state index in [0.717, 1.165) is 28.0 Å². The fraction of sp³-hybridized carbons (Fsp3) is 0.200. The van der Waals surface area contributed by atoms with Gasteiger partial charge in [0.1, 0.15) is 12.4 Å². The third-order valence-electron chi connectivity index (χ3n) is 2.62. The first-order valence-electron chi connectivity index (χ1n) is 6.03. The predicted octanol–water partition coefficient (Wildman–Crippen LogP) is 4.90. The van der Waals surface area contributed by atoms with Crippen LogP contribution in [0.25, 0.3) is 0 Å². The number of ether oxygens (including phenoxy) is 1. The van der Waals surface area contributed by atoms with Crippen LogP contribution in [0.4, 0.5) is 5.69 Å². The Hall–Kier alpha value is -1.19. The van der Waals surface area contributed by atoms with E-state index in [-0.39, 0.29) is 0 Å². The minimum atomic E-state index is 0.568. The second kappa shape index (κ2) is 6.83. The molecule has 0 bridgehead atoms. The third-order valence-corrected chi connectivity index (χ3v) is 3.44. The molecule has 0 aromatic heterocycles. The molecule has 0 atom stereocenters. The van der Waals surface area contributed by atoms with E-state index in [0.29, 0.717) is 11.6 Å². The van der Waals surface area contributed by atoms with Gasteiger partial charge in [0.25, 0.3) is 0 Å². The molecule has 4 heteroatoms. The first-order valence-corrected chi connectivity index (χ1v) is 7.20. The Morgan fingerprint density at radius 2 is 1.89 bits per heavy atom. The van der Waals surface area contributed by atoms with Gasteiger partial charge in [-0.3, -0.25) is 0 Å². The maximum absolute atomic E-state index is 6.09. The van der Waals surface area contributed by atoms with Crippen LogP contribution in [0.2, 0.25) is 5.02 Å². The van der Waals surface area contributed by atoms with Crippen molar-refractivity contribution in [1.29, 1.82) is 0 Å². The van der Waals surface area contributed by atoms with Crippen LogP contribution in [0.5, 0.6) is 5.75 Å². The number of rotatable bonds is 5. The smallest absolute Gasteiger partial charge is 0.137 e. The first-order chi connectivity index (χ1) is 9.15. The van der Waals surface area contributed by atoms with Crippen molar-refractivity contribution in [1.82, 2.24) is 0 Å². The highest BCUT2D eigenvalue weighted by Gasteiger charge is 2.01. The van der Waals surface area contributed by atoms with Gasteiger partial charge in [-0.05, 0) is 48.9 Å². The molecule has 0 fully saturated rings. The predicted molar refractivity (Wildman–Crippen MR) is 84.3 cm³/mol. The number of aryl methyl sites for hydroxylation is 1. The first kappa shape index (κ1) is 14.2. The van der Waals surface area contributed by atoms with E-state index in [9.17, 15) is 0 Å². The second-order valence-corrected chi connectivity index (χ2v) is 5.54. The van der Waals surface area contributed by atoms with E-state index < -0.39 is 0 Å². The molecule has 0 saturated heterocycles. The summed E-state index contributed by atoms with van der Waals surface area (Å²) in [5.41, 5.74) is 2.20. The second-order valence-electron chi connectivity index (χ2n) is 4.22. The Labute approximate surface area is 126 Å². The number of benzene rings is 2. The van der Waals surface area contributed by atoms with E-state index >= 15 is 0 Å². The van der Waals surface area contributed by atoms with Crippen molar-refractivity contribution < 1.29 is 4.74 Å². The van der Waals surface area contributed by atoms with Crippen LogP contribution in [0.3, 0.4) is 0 Å². The van der Waals surface area contributed by atoms with Crippen LogP contribution in [-0.4, -0.2) is 13.2 Å². The lowest BCUT2D eigenvalue weighted by molar-refractivity contribution is 0.333. The van der Waals surface area contributed by atoms with Crippen molar-refractivity contribution in [3.05, 3.63) is 57.5 Å². The Balaban J connectivity index is 1.79. The minimum absolute atomic E-state index is 0.568. The van der Waals surface area contributed by atoms with Crippen molar-refractivity contribution in [2.75, 3.05) is 18.5 Å². The van der Waals surface area contributed by atoms with E-state index in [1.54, 1.807) is 0 Å². The van der Waals surface area contributed by atoms with E-state index in [1.165, 1.54) is 0 Å². The van der Waals surface area contributed by atoms with Crippen molar-refractivity contribution >= 4 is 33.2 Å². The largest absolute Gasteiger partial charge is 0.490 e. The standard InChI is InChI=1S/C15H15BrClNO/c1-11-2-7-15(14(17)10-11)19-9-8-18-13-5-3-12(16)4-6-13/h2-7,10,18H,8-9H2,1H3. The number of hydrogen-bond acceptors (Lipinski definition) is 2. The molecule has 19 heavy (non-hydrogen) atoms. The lowest BCUT2D eigenvalue weighted by atomic mass is 10.2. The van der Waals surface area contributed by atoms with Gasteiger partial charge < -0.3 is 10.1 Å². The summed E-state index contributed by atoms with van der Waals surface area (Å²) in [6.45, 7) is 3.30. The van der Waals surface area contributed by atoms with Crippen LogP contribution in [0.1, 0.15) is 5.56 Å². The summed E-state index contributed by atoms with van der Waals surface area (Å²) in [5.74, 6) is 0.727. The van der Waals surface area contributed by atoms with Crippen LogP contribution < -0.4 is 10.1 Å². The highest BCUT2D eigenvalue weighted by molar-refractivity contribution is 9.10. The molecule has 2 rings (SSSR count). The van der Waals surface area contributed by atoms with E-state index in [1.807, 2.05) is 49.4 Å². The van der Waals surface area contributed by atoms with Crippen LogP contribution in [0, 0.1) is 6.92 Å². The topological polar surface area (TPSA) is 21.3 Å². The van der Waals surface area contributed by atoms with Gasteiger partial charge in [0.2, 0.25) is 0 Å². The number of anilines is 1. The summed E-state index contributed by atoms with van der Waals surface area (Å²) < 4.78 is 6.70. The van der Waals surface area contributed by atoms with Gasteiger partial charge in [0, 0.05) is 16.7 Å². The monoisotopic (exact) mass is 339 g/mol. The van der Waals surface area contributed by atoms with Crippen molar-refractivity contribution in [2.45, 2.75) is 6.92 Å². The molecule has 100 valence electrons. The summed E-state index contributed by atoms with van der Waals surface area (Å²) in [5, 5.41) is 3.94. The van der Waals surface area contributed by atoms with Gasteiger partial charge in [-0.1, -0.05) is 33.6 Å². The molecule has 0 heterocycles. The molecule has 0 radical (unpaired) electrons. The Kier molecular flexibility index (Phi) is 5.11. The minimum Gasteiger partial charge on any atom is -0.490 e. The highest BCUT2D eigenvalue weighted by Crippen LogP contribution is 2.25. The van der Waals surface area contributed by atoms with Gasteiger partial charge in [-0.15, -0.1) is 0 Å². The van der Waals surface area contributed by atoms with Crippen LogP contribution in [0.15, 0.2) is 46.9 Å². The maximum Gasteiger partial charge on any atom is 0.137 e. The third kappa shape index (κ3) is 4.44. The zero-order valence-electron chi connectivity index (χ0n) is 10.6. The molecule has 0 aliphatic heterocycles. The van der Waals surface area contributed by atoms with Gasteiger partial charge in [0.05, 0.1) is 5.02 Å². The fourth-order valence-electron chi connectivity index (χ4n) is 1.65. The molecule has 0 amide bonds. The average Bonchev–Trinajstić information content (AvgIpc) is 2.39. The van der Waals surface area contributed by atoms with E-state index in [2.05, 4.69) is 21.2 Å². The Bertz CT molecular complexity index is 542. The highest BCUT2D eigenvalue weighted by atomic mass is 79.9. The van der Waals surface area contributed by atoms with E-state index in [4.69, 9.17) is 16.3 Å². The van der Waals surface area contributed by atoms with Gasteiger partial charge in [0.15, 0.2) is 0 Å². The maximum atomic E-state index is 6.09. The summed E-state index contributed by atoms with van der Waals surface area (Å²) in [7, 11) is 0. The number of nitrogens with one attached hydrogen (secondary N) is 1. The number of hydrogen-bond donors (Lipinski definition) is 1. The quantitative estimate of drug-likeness (QED) is 0.782. The van der Waals surface area contributed by atoms with Gasteiger partial charge >= 0.3 is 0 Å². The molecule has 0 saturated carbocycles. The van der Waals surface area contributed by atoms with Crippen LogP contribution >= 0.6 is 27.5 Å².